The number of rotatable bonds is 7. The van der Waals surface area contributed by atoms with Crippen LogP contribution < -0.4 is 4.74 Å². The number of aryl methyl sites for hydroxylation is 1. The molecule has 1 fully saturated rings. The lowest BCUT2D eigenvalue weighted by molar-refractivity contribution is 0.153. The van der Waals surface area contributed by atoms with E-state index in [1.807, 2.05) is 18.2 Å². The van der Waals surface area contributed by atoms with Crippen molar-refractivity contribution in [1.82, 2.24) is 9.80 Å². The highest BCUT2D eigenvalue weighted by Crippen LogP contribution is 2.25. The molecule has 0 radical (unpaired) electrons. The lowest BCUT2D eigenvalue weighted by atomic mass is 10.1. The minimum atomic E-state index is -0.232. The fourth-order valence-electron chi connectivity index (χ4n) is 3.19. The standard InChI is InChI=1S/C21H26ClFN2O/c1-24-11-13-25(14-12-24)10-2-3-18-15-19(22)6-9-21(18)26-16-17-4-7-20(23)8-5-17/h4-9,15H,2-3,10-14,16H2,1H3. The highest BCUT2D eigenvalue weighted by molar-refractivity contribution is 6.30. The van der Waals surface area contributed by atoms with E-state index in [4.69, 9.17) is 16.3 Å². The van der Waals surface area contributed by atoms with E-state index in [1.165, 1.54) is 12.1 Å². The average Bonchev–Trinajstić information content (AvgIpc) is 2.64. The molecule has 1 saturated heterocycles. The molecular formula is C21H26ClFN2O. The van der Waals surface area contributed by atoms with Gasteiger partial charge in [-0.3, -0.25) is 0 Å². The maximum Gasteiger partial charge on any atom is 0.123 e. The van der Waals surface area contributed by atoms with Crippen molar-refractivity contribution in [3.8, 4) is 5.75 Å². The Balaban J connectivity index is 1.54. The van der Waals surface area contributed by atoms with Gasteiger partial charge in [-0.15, -0.1) is 0 Å². The largest absolute Gasteiger partial charge is 0.489 e. The Morgan fingerprint density at radius 1 is 1.04 bits per heavy atom. The Labute approximate surface area is 160 Å². The molecule has 0 unspecified atom stereocenters. The van der Waals surface area contributed by atoms with Crippen molar-refractivity contribution in [2.75, 3.05) is 39.8 Å². The van der Waals surface area contributed by atoms with Crippen LogP contribution in [-0.2, 0) is 13.0 Å². The van der Waals surface area contributed by atoms with Crippen LogP contribution in [-0.4, -0.2) is 49.6 Å². The Bertz CT molecular complexity index is 700. The minimum absolute atomic E-state index is 0.232. The second-order valence-corrected chi connectivity index (χ2v) is 7.35. The molecule has 3 nitrogen and oxygen atoms in total. The molecule has 0 amide bonds. The van der Waals surface area contributed by atoms with Gasteiger partial charge >= 0.3 is 0 Å². The molecular weight excluding hydrogens is 351 g/mol. The van der Waals surface area contributed by atoms with E-state index in [1.54, 1.807) is 12.1 Å². The van der Waals surface area contributed by atoms with Crippen molar-refractivity contribution in [2.24, 2.45) is 0 Å². The predicted octanol–water partition coefficient (Wildman–Crippen LogP) is 4.24. The maximum atomic E-state index is 13.0. The third kappa shape index (κ3) is 5.70. The van der Waals surface area contributed by atoms with Crippen LogP contribution in [0.1, 0.15) is 17.5 Å². The molecule has 140 valence electrons. The molecule has 26 heavy (non-hydrogen) atoms. The van der Waals surface area contributed by atoms with Crippen LogP contribution in [0.4, 0.5) is 4.39 Å². The lowest BCUT2D eigenvalue weighted by Crippen LogP contribution is -2.44. The van der Waals surface area contributed by atoms with Gasteiger partial charge in [-0.05, 0) is 67.9 Å². The van der Waals surface area contributed by atoms with Gasteiger partial charge in [0.15, 0.2) is 0 Å². The molecule has 0 aliphatic carbocycles. The third-order valence-corrected chi connectivity index (χ3v) is 5.08. The molecule has 1 aliphatic rings. The number of nitrogens with zero attached hydrogens (tertiary/aromatic N) is 2. The monoisotopic (exact) mass is 376 g/mol. The lowest BCUT2D eigenvalue weighted by Gasteiger charge is -2.32. The summed E-state index contributed by atoms with van der Waals surface area (Å²) >= 11 is 6.18. The van der Waals surface area contributed by atoms with Crippen LogP contribution in [0.15, 0.2) is 42.5 Å². The van der Waals surface area contributed by atoms with Crippen molar-refractivity contribution in [3.63, 3.8) is 0 Å². The average molecular weight is 377 g/mol. The second-order valence-electron chi connectivity index (χ2n) is 6.92. The van der Waals surface area contributed by atoms with Gasteiger partial charge in [0.25, 0.3) is 0 Å². The molecule has 5 heteroatoms. The fourth-order valence-corrected chi connectivity index (χ4v) is 3.39. The zero-order valence-corrected chi connectivity index (χ0v) is 16.0. The molecule has 0 bridgehead atoms. The first-order valence-corrected chi connectivity index (χ1v) is 9.54. The number of halogens is 2. The first-order chi connectivity index (χ1) is 12.6. The fraction of sp³-hybridized carbons (Fsp3) is 0.429. The number of hydrogen-bond donors (Lipinski definition) is 0. The first-order valence-electron chi connectivity index (χ1n) is 9.17. The summed E-state index contributed by atoms with van der Waals surface area (Å²) in [6.45, 7) is 6.08. The smallest absolute Gasteiger partial charge is 0.123 e. The van der Waals surface area contributed by atoms with Crippen molar-refractivity contribution in [2.45, 2.75) is 19.4 Å². The molecule has 3 rings (SSSR count). The van der Waals surface area contributed by atoms with Gasteiger partial charge < -0.3 is 14.5 Å². The van der Waals surface area contributed by atoms with E-state index >= 15 is 0 Å². The maximum absolute atomic E-state index is 13.0. The van der Waals surface area contributed by atoms with Gasteiger partial charge in [-0.2, -0.15) is 0 Å². The summed E-state index contributed by atoms with van der Waals surface area (Å²) < 4.78 is 19.0. The molecule has 2 aromatic rings. The van der Waals surface area contributed by atoms with Gasteiger partial charge in [0, 0.05) is 31.2 Å². The van der Waals surface area contributed by atoms with E-state index in [9.17, 15) is 4.39 Å². The Morgan fingerprint density at radius 3 is 2.50 bits per heavy atom. The first kappa shape index (κ1) is 19.2. The number of ether oxygens (including phenoxy) is 1. The molecule has 0 aromatic heterocycles. The Morgan fingerprint density at radius 2 is 1.77 bits per heavy atom. The van der Waals surface area contributed by atoms with Crippen LogP contribution in [0.25, 0.3) is 0 Å². The molecule has 0 spiro atoms. The van der Waals surface area contributed by atoms with Crippen LogP contribution in [0.5, 0.6) is 5.75 Å². The van der Waals surface area contributed by atoms with Crippen molar-refractivity contribution >= 4 is 11.6 Å². The third-order valence-electron chi connectivity index (χ3n) is 4.85. The van der Waals surface area contributed by atoms with Gasteiger partial charge in [0.2, 0.25) is 0 Å². The van der Waals surface area contributed by atoms with E-state index in [0.717, 1.165) is 67.5 Å². The SMILES string of the molecule is CN1CCN(CCCc2cc(Cl)ccc2OCc2ccc(F)cc2)CC1. The van der Waals surface area contributed by atoms with E-state index in [0.29, 0.717) is 6.61 Å². The highest BCUT2D eigenvalue weighted by Gasteiger charge is 2.13. The number of piperazine rings is 1. The molecule has 1 aliphatic heterocycles. The van der Waals surface area contributed by atoms with Crippen LogP contribution >= 0.6 is 11.6 Å². The second kappa shape index (κ2) is 9.36. The summed E-state index contributed by atoms with van der Waals surface area (Å²) in [5.74, 6) is 0.627. The van der Waals surface area contributed by atoms with E-state index in [-0.39, 0.29) is 5.82 Å². The normalized spacial score (nSPS) is 16.0. The molecule has 0 N–H and O–H groups in total. The van der Waals surface area contributed by atoms with Gasteiger partial charge in [-0.1, -0.05) is 23.7 Å². The summed E-state index contributed by atoms with van der Waals surface area (Å²) in [6, 6.07) is 12.2. The minimum Gasteiger partial charge on any atom is -0.489 e. The zero-order valence-electron chi connectivity index (χ0n) is 15.3. The van der Waals surface area contributed by atoms with Gasteiger partial charge in [0.1, 0.15) is 18.2 Å². The quantitative estimate of drug-likeness (QED) is 0.718. The summed E-state index contributed by atoms with van der Waals surface area (Å²) in [7, 11) is 2.17. The van der Waals surface area contributed by atoms with Gasteiger partial charge in [0.05, 0.1) is 0 Å². The molecule has 0 saturated carbocycles. The summed E-state index contributed by atoms with van der Waals surface area (Å²) in [6.07, 6.45) is 2.02. The number of likely N-dealkylation sites (N-methyl/N-ethyl adjacent to an activating group) is 1. The molecule has 1 heterocycles. The number of benzene rings is 2. The molecule has 2 aromatic carbocycles. The topological polar surface area (TPSA) is 15.7 Å². The summed E-state index contributed by atoms with van der Waals surface area (Å²) in [5, 5.41) is 0.730. The van der Waals surface area contributed by atoms with Crippen LogP contribution in [0.3, 0.4) is 0 Å². The Hall–Kier alpha value is -1.62. The van der Waals surface area contributed by atoms with E-state index < -0.39 is 0 Å². The van der Waals surface area contributed by atoms with Crippen molar-refractivity contribution in [1.29, 1.82) is 0 Å². The van der Waals surface area contributed by atoms with Crippen molar-refractivity contribution < 1.29 is 9.13 Å². The van der Waals surface area contributed by atoms with Crippen molar-refractivity contribution in [3.05, 3.63) is 64.4 Å². The highest BCUT2D eigenvalue weighted by atomic mass is 35.5. The molecule has 0 atom stereocenters. The Kier molecular flexibility index (Phi) is 6.89. The summed E-state index contributed by atoms with van der Waals surface area (Å²) in [4.78, 5) is 4.89. The van der Waals surface area contributed by atoms with Crippen LogP contribution in [0.2, 0.25) is 5.02 Å². The predicted molar refractivity (Wildman–Crippen MR) is 104 cm³/mol. The van der Waals surface area contributed by atoms with Crippen LogP contribution in [0, 0.1) is 5.82 Å². The number of hydrogen-bond acceptors (Lipinski definition) is 3. The van der Waals surface area contributed by atoms with Gasteiger partial charge in [-0.25, -0.2) is 4.39 Å². The summed E-state index contributed by atoms with van der Waals surface area (Å²) in [5.41, 5.74) is 2.08. The zero-order chi connectivity index (χ0) is 18.4. The van der Waals surface area contributed by atoms with E-state index in [2.05, 4.69) is 16.8 Å².